The molecule has 0 rings (SSSR count). The van der Waals surface area contributed by atoms with Crippen molar-refractivity contribution < 1.29 is 28.5 Å². The SMILES string of the molecule is CCCCCC/C=C\COC(=O)CCCCCCCN(CCCCCCCCOCOC(CCCCCCCC)CCCCCCCC)CCCNC(=O)COC. The number of hydrogen-bond donors (Lipinski definition) is 1. The van der Waals surface area contributed by atoms with Gasteiger partial charge in [-0.3, -0.25) is 9.59 Å². The molecule has 0 aromatic heterocycles. The van der Waals surface area contributed by atoms with Gasteiger partial charge in [0, 0.05) is 26.7 Å². The Kier molecular flexibility index (Phi) is 46.0. The van der Waals surface area contributed by atoms with Crippen LogP contribution in [0.1, 0.15) is 226 Å². The molecule has 0 aromatic rings. The molecule has 1 amide bonds. The molecule has 0 aliphatic rings. The molecule has 0 aliphatic heterocycles. The lowest BCUT2D eigenvalue weighted by atomic mass is 10.0. The molecule has 0 aliphatic carbocycles. The highest BCUT2D eigenvalue weighted by atomic mass is 16.7. The molecular formula is C49H96N2O6. The predicted octanol–water partition coefficient (Wildman–Crippen LogP) is 13.1. The lowest BCUT2D eigenvalue weighted by Gasteiger charge is -2.22. The molecule has 0 aromatic carbocycles. The summed E-state index contributed by atoms with van der Waals surface area (Å²) in [5.41, 5.74) is 0. The number of nitrogens with zero attached hydrogens (tertiary/aromatic N) is 1. The molecular weight excluding hydrogens is 713 g/mol. The summed E-state index contributed by atoms with van der Waals surface area (Å²) in [5, 5.41) is 2.96. The number of carbonyl (C=O) groups excluding carboxylic acids is 2. The Morgan fingerprint density at radius 3 is 1.68 bits per heavy atom. The van der Waals surface area contributed by atoms with E-state index in [9.17, 15) is 9.59 Å². The molecule has 0 unspecified atom stereocenters. The summed E-state index contributed by atoms with van der Waals surface area (Å²) in [6.07, 6.45) is 43.4. The molecule has 0 saturated heterocycles. The van der Waals surface area contributed by atoms with Gasteiger partial charge >= 0.3 is 5.97 Å². The Labute approximate surface area is 354 Å². The summed E-state index contributed by atoms with van der Waals surface area (Å²) < 4.78 is 22.5. The van der Waals surface area contributed by atoms with E-state index < -0.39 is 0 Å². The molecule has 1 N–H and O–H groups in total. The van der Waals surface area contributed by atoms with Crippen molar-refractivity contribution >= 4 is 11.9 Å². The summed E-state index contributed by atoms with van der Waals surface area (Å²) in [7, 11) is 1.55. The lowest BCUT2D eigenvalue weighted by molar-refractivity contribution is -0.142. The molecule has 0 heterocycles. The summed E-state index contributed by atoms with van der Waals surface area (Å²) in [6, 6.07) is 0. The van der Waals surface area contributed by atoms with E-state index in [1.54, 1.807) is 7.11 Å². The highest BCUT2D eigenvalue weighted by Crippen LogP contribution is 2.17. The van der Waals surface area contributed by atoms with Crippen molar-refractivity contribution in [2.75, 3.05) is 59.9 Å². The van der Waals surface area contributed by atoms with Gasteiger partial charge in [-0.15, -0.1) is 0 Å². The van der Waals surface area contributed by atoms with Crippen LogP contribution >= 0.6 is 0 Å². The molecule has 0 bridgehead atoms. The summed E-state index contributed by atoms with van der Waals surface area (Å²) in [6.45, 7) is 12.5. The van der Waals surface area contributed by atoms with E-state index in [0.29, 0.717) is 32.5 Å². The van der Waals surface area contributed by atoms with Gasteiger partial charge in [-0.05, 0) is 77.4 Å². The second-order valence-electron chi connectivity index (χ2n) is 16.5. The second-order valence-corrected chi connectivity index (χ2v) is 16.5. The first kappa shape index (κ1) is 55.5. The van der Waals surface area contributed by atoms with Crippen LogP contribution in [-0.4, -0.2) is 82.8 Å². The standard InChI is InChI=1S/C49H96N2O6/c1-5-8-11-14-18-27-34-44-56-49(53)38-30-23-20-25-32-41-51(42-35-39-50-48(52)45-54-4)40-31-24-17-19-26-33-43-55-46-57-47(36-28-21-15-12-9-6-2)37-29-22-16-13-10-7-3/h27,34,47H,5-26,28-33,35-46H2,1-4H3,(H,50,52)/b34-27-. The maximum absolute atomic E-state index is 12.1. The lowest BCUT2D eigenvalue weighted by Crippen LogP contribution is -2.32. The van der Waals surface area contributed by atoms with Crippen LogP contribution in [-0.2, 0) is 28.5 Å². The maximum Gasteiger partial charge on any atom is 0.306 e. The highest BCUT2D eigenvalue weighted by Gasteiger charge is 2.10. The molecule has 0 fully saturated rings. The monoisotopic (exact) mass is 809 g/mol. The van der Waals surface area contributed by atoms with E-state index in [0.717, 1.165) is 64.8 Å². The zero-order valence-corrected chi connectivity index (χ0v) is 38.4. The van der Waals surface area contributed by atoms with Crippen LogP contribution in [0.3, 0.4) is 0 Å². The van der Waals surface area contributed by atoms with Crippen LogP contribution in [0.4, 0.5) is 0 Å². The Morgan fingerprint density at radius 1 is 0.579 bits per heavy atom. The zero-order valence-electron chi connectivity index (χ0n) is 38.4. The normalized spacial score (nSPS) is 11.8. The van der Waals surface area contributed by atoms with Gasteiger partial charge in [0.1, 0.15) is 20.0 Å². The maximum atomic E-state index is 12.1. The first-order valence-electron chi connectivity index (χ1n) is 24.5. The molecule has 0 radical (unpaired) electrons. The molecule has 0 spiro atoms. The topological polar surface area (TPSA) is 86.3 Å². The number of nitrogens with one attached hydrogen (secondary N) is 1. The highest BCUT2D eigenvalue weighted by molar-refractivity contribution is 5.77. The van der Waals surface area contributed by atoms with Crippen LogP contribution < -0.4 is 5.32 Å². The fourth-order valence-electron chi connectivity index (χ4n) is 7.34. The van der Waals surface area contributed by atoms with Gasteiger partial charge in [0.25, 0.3) is 0 Å². The third-order valence-electron chi connectivity index (χ3n) is 11.0. The largest absolute Gasteiger partial charge is 0.461 e. The Bertz CT molecular complexity index is 840. The minimum Gasteiger partial charge on any atom is -0.461 e. The van der Waals surface area contributed by atoms with Gasteiger partial charge < -0.3 is 29.2 Å². The number of allylic oxidation sites excluding steroid dienone is 1. The van der Waals surface area contributed by atoms with Crippen LogP contribution in [0.15, 0.2) is 12.2 Å². The fraction of sp³-hybridized carbons (Fsp3) is 0.918. The minimum atomic E-state index is -0.0753. The van der Waals surface area contributed by atoms with Gasteiger partial charge in [-0.1, -0.05) is 174 Å². The summed E-state index contributed by atoms with van der Waals surface area (Å²) in [4.78, 5) is 26.4. The predicted molar refractivity (Wildman–Crippen MR) is 242 cm³/mol. The van der Waals surface area contributed by atoms with Crippen molar-refractivity contribution in [1.29, 1.82) is 0 Å². The van der Waals surface area contributed by atoms with Crippen molar-refractivity contribution in [1.82, 2.24) is 10.2 Å². The number of amides is 1. The quantitative estimate of drug-likeness (QED) is 0.0283. The van der Waals surface area contributed by atoms with Gasteiger partial charge in [0.2, 0.25) is 5.91 Å². The van der Waals surface area contributed by atoms with E-state index in [4.69, 9.17) is 18.9 Å². The number of unbranched alkanes of at least 4 members (excludes halogenated alkanes) is 23. The zero-order chi connectivity index (χ0) is 41.5. The first-order chi connectivity index (χ1) is 28.1. The van der Waals surface area contributed by atoms with Crippen LogP contribution in [0, 0.1) is 0 Å². The van der Waals surface area contributed by atoms with Crippen molar-refractivity contribution in [3.8, 4) is 0 Å². The molecule has 338 valence electrons. The van der Waals surface area contributed by atoms with Crippen LogP contribution in [0.5, 0.6) is 0 Å². The number of ether oxygens (including phenoxy) is 4. The number of esters is 1. The molecule has 57 heavy (non-hydrogen) atoms. The third kappa shape index (κ3) is 43.9. The average molecular weight is 809 g/mol. The number of carbonyl (C=O) groups is 2. The van der Waals surface area contributed by atoms with Crippen LogP contribution in [0.25, 0.3) is 0 Å². The smallest absolute Gasteiger partial charge is 0.306 e. The fourth-order valence-corrected chi connectivity index (χ4v) is 7.34. The minimum absolute atomic E-state index is 0.0451. The Hall–Kier alpha value is -1.48. The average Bonchev–Trinajstić information content (AvgIpc) is 3.21. The van der Waals surface area contributed by atoms with E-state index in [-0.39, 0.29) is 18.5 Å². The molecule has 8 heteroatoms. The van der Waals surface area contributed by atoms with E-state index >= 15 is 0 Å². The summed E-state index contributed by atoms with van der Waals surface area (Å²) >= 11 is 0. The van der Waals surface area contributed by atoms with E-state index in [1.165, 1.54) is 161 Å². The van der Waals surface area contributed by atoms with Gasteiger partial charge in [-0.2, -0.15) is 0 Å². The number of rotatable bonds is 47. The van der Waals surface area contributed by atoms with Gasteiger partial charge in [0.05, 0.1) is 6.10 Å². The van der Waals surface area contributed by atoms with Gasteiger partial charge in [-0.25, -0.2) is 0 Å². The van der Waals surface area contributed by atoms with Crippen molar-refractivity contribution in [2.45, 2.75) is 232 Å². The molecule has 0 saturated carbocycles. The second kappa shape index (κ2) is 47.2. The van der Waals surface area contributed by atoms with E-state index in [2.05, 4.69) is 37.1 Å². The van der Waals surface area contributed by atoms with Crippen LogP contribution in [0.2, 0.25) is 0 Å². The first-order valence-corrected chi connectivity index (χ1v) is 24.5. The molecule has 0 atom stereocenters. The van der Waals surface area contributed by atoms with Crippen molar-refractivity contribution in [3.63, 3.8) is 0 Å². The Morgan fingerprint density at radius 2 is 1.09 bits per heavy atom. The number of methoxy groups -OCH3 is 1. The van der Waals surface area contributed by atoms with Crippen molar-refractivity contribution in [2.24, 2.45) is 0 Å². The summed E-state index contributed by atoms with van der Waals surface area (Å²) in [5.74, 6) is -0.120. The third-order valence-corrected chi connectivity index (χ3v) is 11.0. The van der Waals surface area contributed by atoms with Gasteiger partial charge in [0.15, 0.2) is 0 Å². The van der Waals surface area contributed by atoms with Crippen molar-refractivity contribution in [3.05, 3.63) is 12.2 Å². The Balaban J connectivity index is 4.19. The molecule has 8 nitrogen and oxygen atoms in total. The number of hydrogen-bond acceptors (Lipinski definition) is 7. The van der Waals surface area contributed by atoms with E-state index in [1.807, 2.05) is 6.08 Å².